The van der Waals surface area contributed by atoms with E-state index in [-0.39, 0.29) is 5.91 Å². The summed E-state index contributed by atoms with van der Waals surface area (Å²) in [5.74, 6) is 1.11. The Labute approximate surface area is 261 Å². The van der Waals surface area contributed by atoms with Crippen LogP contribution in [0.3, 0.4) is 0 Å². The number of rotatable bonds is 10. The van der Waals surface area contributed by atoms with Crippen molar-refractivity contribution in [1.29, 1.82) is 0 Å². The van der Waals surface area contributed by atoms with Crippen LogP contribution in [0.1, 0.15) is 25.3 Å². The Morgan fingerprint density at radius 1 is 1.13 bits per heavy atom. The molecule has 11 nitrogen and oxygen atoms in total. The van der Waals surface area contributed by atoms with Crippen molar-refractivity contribution in [1.82, 2.24) is 24.4 Å². The van der Waals surface area contributed by atoms with Crippen molar-refractivity contribution in [3.8, 4) is 28.5 Å². The number of para-hydroxylation sites is 1. The van der Waals surface area contributed by atoms with E-state index in [1.807, 2.05) is 18.2 Å². The Morgan fingerprint density at radius 2 is 1.98 bits per heavy atom. The smallest absolute Gasteiger partial charge is 0.247 e. The highest BCUT2D eigenvalue weighted by Gasteiger charge is 2.29. The molecule has 4 heterocycles. The number of carbonyl (C=O) groups is 1. The molecule has 1 saturated heterocycles. The van der Waals surface area contributed by atoms with Crippen LogP contribution >= 0.6 is 0 Å². The zero-order valence-electron chi connectivity index (χ0n) is 25.7. The van der Waals surface area contributed by atoms with Gasteiger partial charge in [0.1, 0.15) is 12.0 Å². The normalized spacial score (nSPS) is 16.4. The molecule has 1 amide bonds. The fraction of sp³-hybridized carbons (Fsp3) is 0.294. The molecule has 2 aromatic carbocycles. The minimum absolute atomic E-state index is 0.295. The van der Waals surface area contributed by atoms with E-state index in [4.69, 9.17) is 14.1 Å². The van der Waals surface area contributed by atoms with Gasteiger partial charge in [-0.05, 0) is 51.6 Å². The Bertz CT molecular complexity index is 1880. The third kappa shape index (κ3) is 5.51. The minimum atomic E-state index is -0.295. The van der Waals surface area contributed by atoms with Crippen molar-refractivity contribution in [2.75, 3.05) is 49.8 Å². The molecule has 5 aromatic rings. The molecule has 1 aliphatic carbocycles. The number of benzene rings is 2. The first-order valence-corrected chi connectivity index (χ1v) is 15.1. The number of methoxy groups -OCH3 is 1. The van der Waals surface area contributed by atoms with Crippen molar-refractivity contribution in [3.63, 3.8) is 0 Å². The SMILES string of the molecule is C=CC(=O)Nc1cc(Nc2ncc(-c3ncco3)c(-c3cn(C4CC4)c4ccccc34)n2)c(OC)cc1N1CCC(N(C)C)C1. The summed E-state index contributed by atoms with van der Waals surface area (Å²) in [4.78, 5) is 31.1. The quantitative estimate of drug-likeness (QED) is 0.182. The number of nitrogens with zero attached hydrogens (tertiary/aromatic N) is 6. The lowest BCUT2D eigenvalue weighted by molar-refractivity contribution is -0.111. The number of likely N-dealkylation sites (N-methyl/N-ethyl adjacent to an activating group) is 1. The van der Waals surface area contributed by atoms with Gasteiger partial charge in [-0.15, -0.1) is 0 Å². The van der Waals surface area contributed by atoms with Gasteiger partial charge in [0.2, 0.25) is 17.7 Å². The summed E-state index contributed by atoms with van der Waals surface area (Å²) in [5, 5.41) is 7.45. The standard InChI is InChI=1S/C34H36N8O3/c1-5-31(43)37-26-16-27(30(44-4)17-29(26)41-14-12-22(19-41)40(2)3)38-34-36-18-24(33-35-13-15-45-33)32(39-34)25-20-42(21-10-11-21)28-9-7-6-8-23(25)28/h5-9,13,15-18,20-22H,1,10-12,14,19H2,2-4H3,(H,37,43)(H,36,38,39). The molecule has 45 heavy (non-hydrogen) atoms. The maximum Gasteiger partial charge on any atom is 0.247 e. The van der Waals surface area contributed by atoms with Crippen LogP contribution in [0, 0.1) is 0 Å². The minimum Gasteiger partial charge on any atom is -0.494 e. The summed E-state index contributed by atoms with van der Waals surface area (Å²) in [6.45, 7) is 5.34. The second-order valence-corrected chi connectivity index (χ2v) is 11.7. The highest BCUT2D eigenvalue weighted by atomic mass is 16.5. The lowest BCUT2D eigenvalue weighted by atomic mass is 10.1. The second kappa shape index (κ2) is 11.7. The average Bonchev–Trinajstić information content (AvgIpc) is 3.42. The number of amides is 1. The van der Waals surface area contributed by atoms with Crippen molar-refractivity contribution in [3.05, 3.63) is 73.9 Å². The van der Waals surface area contributed by atoms with E-state index in [2.05, 4.69) is 80.0 Å². The van der Waals surface area contributed by atoms with Crippen molar-refractivity contribution in [2.45, 2.75) is 31.3 Å². The number of aromatic nitrogens is 4. The Morgan fingerprint density at radius 3 is 2.69 bits per heavy atom. The van der Waals surface area contributed by atoms with Gasteiger partial charge in [-0.1, -0.05) is 24.8 Å². The third-order valence-corrected chi connectivity index (χ3v) is 8.63. The number of hydrogen-bond acceptors (Lipinski definition) is 9. The molecule has 7 rings (SSSR count). The highest BCUT2D eigenvalue weighted by Crippen LogP contribution is 2.44. The summed E-state index contributed by atoms with van der Waals surface area (Å²) in [5.41, 5.74) is 5.67. The predicted molar refractivity (Wildman–Crippen MR) is 176 cm³/mol. The molecule has 1 unspecified atom stereocenters. The summed E-state index contributed by atoms with van der Waals surface area (Å²) in [7, 11) is 5.81. The lowest BCUT2D eigenvalue weighted by Gasteiger charge is -2.25. The number of hydrogen-bond donors (Lipinski definition) is 2. The Hall–Kier alpha value is -5.16. The first kappa shape index (κ1) is 28.6. The van der Waals surface area contributed by atoms with Gasteiger partial charge in [-0.3, -0.25) is 4.79 Å². The summed E-state index contributed by atoms with van der Waals surface area (Å²) < 4.78 is 13.9. The fourth-order valence-electron chi connectivity index (χ4n) is 6.09. The number of fused-ring (bicyclic) bond motifs is 1. The van der Waals surface area contributed by atoms with Crippen LogP contribution in [0.15, 0.2) is 78.3 Å². The van der Waals surface area contributed by atoms with Crippen LogP contribution in [0.2, 0.25) is 0 Å². The number of ether oxygens (including phenoxy) is 1. The molecule has 2 N–H and O–H groups in total. The van der Waals surface area contributed by atoms with Gasteiger partial charge >= 0.3 is 0 Å². The van der Waals surface area contributed by atoms with E-state index in [0.29, 0.717) is 52.3 Å². The topological polar surface area (TPSA) is 114 Å². The van der Waals surface area contributed by atoms with E-state index < -0.39 is 0 Å². The molecule has 11 heteroatoms. The molecule has 2 aliphatic rings. The number of anilines is 4. The van der Waals surface area contributed by atoms with Gasteiger partial charge in [0.15, 0.2) is 0 Å². The molecule has 1 atom stereocenters. The van der Waals surface area contributed by atoms with E-state index in [0.717, 1.165) is 49.0 Å². The molecule has 230 valence electrons. The fourth-order valence-corrected chi connectivity index (χ4v) is 6.09. The van der Waals surface area contributed by atoms with Crippen LogP contribution in [0.25, 0.3) is 33.6 Å². The van der Waals surface area contributed by atoms with Gasteiger partial charge in [0.05, 0.1) is 41.6 Å². The molecular weight excluding hydrogens is 568 g/mol. The number of carbonyl (C=O) groups excluding carboxylic acids is 1. The lowest BCUT2D eigenvalue weighted by Crippen LogP contribution is -2.31. The first-order valence-electron chi connectivity index (χ1n) is 15.1. The van der Waals surface area contributed by atoms with Crippen LogP contribution in [-0.4, -0.2) is 70.7 Å². The zero-order chi connectivity index (χ0) is 31.1. The largest absolute Gasteiger partial charge is 0.494 e. The summed E-state index contributed by atoms with van der Waals surface area (Å²) >= 11 is 0. The van der Waals surface area contributed by atoms with Gasteiger partial charge < -0.3 is 34.2 Å². The van der Waals surface area contributed by atoms with E-state index in [1.54, 1.807) is 25.8 Å². The maximum atomic E-state index is 12.5. The first-order chi connectivity index (χ1) is 21.9. The Balaban J connectivity index is 1.31. The van der Waals surface area contributed by atoms with E-state index in [1.165, 1.54) is 11.6 Å². The summed E-state index contributed by atoms with van der Waals surface area (Å²) in [6.07, 6.45) is 11.7. The number of oxazole rings is 1. The molecule has 0 bridgehead atoms. The highest BCUT2D eigenvalue weighted by molar-refractivity contribution is 6.02. The molecule has 0 radical (unpaired) electrons. The summed E-state index contributed by atoms with van der Waals surface area (Å²) in [6, 6.07) is 13.1. The van der Waals surface area contributed by atoms with Crippen LogP contribution in [0.4, 0.5) is 23.0 Å². The zero-order valence-corrected chi connectivity index (χ0v) is 25.7. The van der Waals surface area contributed by atoms with Crippen molar-refractivity contribution < 1.29 is 13.9 Å². The van der Waals surface area contributed by atoms with Gasteiger partial charge in [0, 0.05) is 60.1 Å². The van der Waals surface area contributed by atoms with Crippen LogP contribution in [0.5, 0.6) is 5.75 Å². The molecule has 1 saturated carbocycles. The van der Waals surface area contributed by atoms with E-state index in [9.17, 15) is 4.79 Å². The number of nitrogens with one attached hydrogen (secondary N) is 2. The third-order valence-electron chi connectivity index (χ3n) is 8.63. The van der Waals surface area contributed by atoms with Crippen LogP contribution < -0.4 is 20.3 Å². The molecule has 2 fully saturated rings. The second-order valence-electron chi connectivity index (χ2n) is 11.7. The Kier molecular flexibility index (Phi) is 7.46. The molecule has 0 spiro atoms. The monoisotopic (exact) mass is 604 g/mol. The molecule has 1 aliphatic heterocycles. The molecule has 3 aromatic heterocycles. The molecular formula is C34H36N8O3. The van der Waals surface area contributed by atoms with Crippen LogP contribution in [-0.2, 0) is 4.79 Å². The van der Waals surface area contributed by atoms with Crippen molar-refractivity contribution in [2.24, 2.45) is 0 Å². The average molecular weight is 605 g/mol. The predicted octanol–water partition coefficient (Wildman–Crippen LogP) is 6.11. The van der Waals surface area contributed by atoms with Gasteiger partial charge in [0.25, 0.3) is 0 Å². The van der Waals surface area contributed by atoms with Gasteiger partial charge in [-0.25, -0.2) is 15.0 Å². The van der Waals surface area contributed by atoms with Crippen molar-refractivity contribution >= 4 is 39.8 Å². The van der Waals surface area contributed by atoms with Gasteiger partial charge in [-0.2, -0.15) is 0 Å². The van der Waals surface area contributed by atoms with E-state index >= 15 is 0 Å². The maximum absolute atomic E-state index is 12.5.